The molecule has 0 aromatic heterocycles. The van der Waals surface area contributed by atoms with E-state index >= 15 is 0 Å². The average Bonchev–Trinajstić information content (AvgIpc) is 2.56. The van der Waals surface area contributed by atoms with E-state index in [-0.39, 0.29) is 0 Å². The van der Waals surface area contributed by atoms with Crippen LogP contribution in [0.25, 0.3) is 0 Å². The van der Waals surface area contributed by atoms with Crippen LogP contribution >= 0.6 is 0 Å². The van der Waals surface area contributed by atoms with Crippen LogP contribution in [0.2, 0.25) is 0 Å². The van der Waals surface area contributed by atoms with Crippen molar-refractivity contribution in [2.45, 2.75) is 6.92 Å². The first kappa shape index (κ1) is 17.0. The van der Waals surface area contributed by atoms with Gasteiger partial charge >= 0.3 is 12.0 Å². The average molecular weight is 327 g/mol. The third-order valence-electron chi connectivity index (χ3n) is 2.93. The number of carbonyl (C=O) groups is 2. The largest absolute Gasteiger partial charge is 0.482 e. The second kappa shape index (κ2) is 8.33. The highest BCUT2D eigenvalue weighted by Gasteiger charge is 2.00. The van der Waals surface area contributed by atoms with E-state index in [9.17, 15) is 9.59 Å². The summed E-state index contributed by atoms with van der Waals surface area (Å²) in [6, 6.07) is 13.6. The molecule has 7 nitrogen and oxygen atoms in total. The van der Waals surface area contributed by atoms with Crippen LogP contribution in [0.15, 0.2) is 53.6 Å². The van der Waals surface area contributed by atoms with Crippen molar-refractivity contribution in [3.05, 3.63) is 59.7 Å². The Morgan fingerprint density at radius 2 is 1.79 bits per heavy atom. The fourth-order valence-electron chi connectivity index (χ4n) is 1.76. The Hall–Kier alpha value is -3.35. The monoisotopic (exact) mass is 327 g/mol. The van der Waals surface area contributed by atoms with E-state index in [4.69, 9.17) is 9.84 Å². The highest BCUT2D eigenvalue weighted by molar-refractivity contribution is 5.90. The van der Waals surface area contributed by atoms with E-state index in [0.717, 1.165) is 11.1 Å². The minimum absolute atomic E-state index is 0.395. The van der Waals surface area contributed by atoms with E-state index in [1.165, 1.54) is 6.21 Å². The predicted octanol–water partition coefficient (Wildman–Crippen LogP) is 2.61. The number of rotatable bonds is 6. The molecule has 0 unspecified atom stereocenters. The van der Waals surface area contributed by atoms with Gasteiger partial charge in [0.2, 0.25) is 0 Å². The fourth-order valence-corrected chi connectivity index (χ4v) is 1.76. The molecule has 2 aromatic carbocycles. The summed E-state index contributed by atoms with van der Waals surface area (Å²) in [6.45, 7) is 1.57. The number of nitrogens with zero attached hydrogens (tertiary/aromatic N) is 1. The lowest BCUT2D eigenvalue weighted by atomic mass is 10.2. The number of nitrogens with one attached hydrogen (secondary N) is 2. The van der Waals surface area contributed by atoms with Crippen LogP contribution in [0, 0.1) is 6.92 Å². The standard InChI is InChI=1S/C17H17N3O4/c1-12-2-6-14(7-3-12)19-17(23)20-18-10-13-4-8-15(9-5-13)24-11-16(21)22/h2-10H,11H2,1H3,(H,21,22)(H2,19,20,23). The molecule has 0 fully saturated rings. The zero-order valence-electron chi connectivity index (χ0n) is 13.0. The number of carbonyl (C=O) groups excluding carboxylic acids is 1. The molecule has 0 bridgehead atoms. The molecule has 0 aliphatic heterocycles. The van der Waals surface area contributed by atoms with Crippen LogP contribution < -0.4 is 15.5 Å². The van der Waals surface area contributed by atoms with Crippen LogP contribution in [0.4, 0.5) is 10.5 Å². The van der Waals surface area contributed by atoms with E-state index in [1.54, 1.807) is 36.4 Å². The van der Waals surface area contributed by atoms with Crippen molar-refractivity contribution < 1.29 is 19.4 Å². The number of aryl methyl sites for hydroxylation is 1. The maximum Gasteiger partial charge on any atom is 0.341 e. The van der Waals surface area contributed by atoms with Crippen LogP contribution in [-0.2, 0) is 4.79 Å². The van der Waals surface area contributed by atoms with Gasteiger partial charge in [-0.05, 0) is 48.9 Å². The lowest BCUT2D eigenvalue weighted by Crippen LogP contribution is -2.24. The number of anilines is 1. The van der Waals surface area contributed by atoms with Crippen molar-refractivity contribution in [2.24, 2.45) is 5.10 Å². The molecule has 0 aliphatic rings. The van der Waals surface area contributed by atoms with Crippen molar-refractivity contribution in [2.75, 3.05) is 11.9 Å². The zero-order chi connectivity index (χ0) is 17.4. The SMILES string of the molecule is Cc1ccc(NC(=O)NN=Cc2ccc(OCC(=O)O)cc2)cc1. The van der Waals surface area contributed by atoms with Crippen molar-refractivity contribution in [3.8, 4) is 5.75 Å². The van der Waals surface area contributed by atoms with E-state index in [0.29, 0.717) is 11.4 Å². The summed E-state index contributed by atoms with van der Waals surface area (Å²) in [7, 11) is 0. The molecule has 2 aromatic rings. The molecule has 7 heteroatoms. The van der Waals surface area contributed by atoms with Gasteiger partial charge in [0.05, 0.1) is 6.21 Å². The van der Waals surface area contributed by atoms with E-state index in [1.807, 2.05) is 19.1 Å². The molecule has 2 rings (SSSR count). The summed E-state index contributed by atoms with van der Waals surface area (Å²) < 4.78 is 5.02. The minimum Gasteiger partial charge on any atom is -0.482 e. The first-order chi connectivity index (χ1) is 11.5. The van der Waals surface area contributed by atoms with Crippen molar-refractivity contribution in [1.82, 2.24) is 5.43 Å². The van der Waals surface area contributed by atoms with Crippen LogP contribution in [0.5, 0.6) is 5.75 Å². The maximum atomic E-state index is 11.7. The van der Waals surface area contributed by atoms with Gasteiger partial charge in [0.15, 0.2) is 6.61 Å². The molecule has 3 N–H and O–H groups in total. The summed E-state index contributed by atoms with van der Waals surface area (Å²) in [5.74, 6) is -0.593. The lowest BCUT2D eigenvalue weighted by Gasteiger charge is -2.04. The molecule has 124 valence electrons. The number of amides is 2. The van der Waals surface area contributed by atoms with Crippen LogP contribution in [-0.4, -0.2) is 29.9 Å². The third kappa shape index (κ3) is 5.80. The van der Waals surface area contributed by atoms with Crippen molar-refractivity contribution in [3.63, 3.8) is 0 Å². The second-order valence-corrected chi connectivity index (χ2v) is 4.94. The van der Waals surface area contributed by atoms with Crippen LogP contribution in [0.3, 0.4) is 0 Å². The number of hydrogen-bond acceptors (Lipinski definition) is 4. The number of urea groups is 1. The summed E-state index contributed by atoms with van der Waals surface area (Å²) in [6.07, 6.45) is 1.47. The summed E-state index contributed by atoms with van der Waals surface area (Å²) in [5, 5.41) is 15.0. The first-order valence-corrected chi connectivity index (χ1v) is 7.14. The molecule has 0 heterocycles. The van der Waals surface area contributed by atoms with E-state index in [2.05, 4.69) is 15.8 Å². The number of carboxylic acid groups (broad SMARTS) is 1. The highest BCUT2D eigenvalue weighted by atomic mass is 16.5. The smallest absolute Gasteiger partial charge is 0.341 e. The molecule has 0 aliphatic carbocycles. The summed E-state index contributed by atoms with van der Waals surface area (Å²) >= 11 is 0. The topological polar surface area (TPSA) is 100 Å². The van der Waals surface area contributed by atoms with Gasteiger partial charge in [0.1, 0.15) is 5.75 Å². The number of benzene rings is 2. The van der Waals surface area contributed by atoms with Gasteiger partial charge in [0.25, 0.3) is 0 Å². The van der Waals surface area contributed by atoms with Gasteiger partial charge in [-0.3, -0.25) is 0 Å². The lowest BCUT2D eigenvalue weighted by molar-refractivity contribution is -0.139. The number of aliphatic carboxylic acids is 1. The first-order valence-electron chi connectivity index (χ1n) is 7.14. The molecule has 0 saturated carbocycles. The van der Waals surface area contributed by atoms with Crippen molar-refractivity contribution >= 4 is 23.9 Å². The van der Waals surface area contributed by atoms with Crippen LogP contribution in [0.1, 0.15) is 11.1 Å². The van der Waals surface area contributed by atoms with Gasteiger partial charge in [-0.1, -0.05) is 17.7 Å². The van der Waals surface area contributed by atoms with Gasteiger partial charge in [-0.15, -0.1) is 0 Å². The number of hydrogen-bond donors (Lipinski definition) is 3. The van der Waals surface area contributed by atoms with Gasteiger partial charge < -0.3 is 15.2 Å². The van der Waals surface area contributed by atoms with Gasteiger partial charge in [-0.25, -0.2) is 15.0 Å². The Balaban J connectivity index is 1.81. The second-order valence-electron chi connectivity index (χ2n) is 4.94. The Morgan fingerprint density at radius 3 is 2.42 bits per heavy atom. The highest BCUT2D eigenvalue weighted by Crippen LogP contribution is 2.11. The zero-order valence-corrected chi connectivity index (χ0v) is 13.0. The predicted molar refractivity (Wildman–Crippen MR) is 90.5 cm³/mol. The van der Waals surface area contributed by atoms with Gasteiger partial charge in [-0.2, -0.15) is 5.10 Å². The molecule has 24 heavy (non-hydrogen) atoms. The quantitative estimate of drug-likeness (QED) is 0.561. The number of carboxylic acids is 1. The fraction of sp³-hybridized carbons (Fsp3) is 0.118. The Morgan fingerprint density at radius 1 is 1.12 bits per heavy atom. The normalized spacial score (nSPS) is 10.4. The van der Waals surface area contributed by atoms with E-state index < -0.39 is 18.6 Å². The molecular formula is C17H17N3O4. The Kier molecular flexibility index (Phi) is 5.90. The molecule has 0 radical (unpaired) electrons. The molecule has 0 spiro atoms. The number of hydrazone groups is 1. The Bertz CT molecular complexity index is 725. The Labute approximate surface area is 139 Å². The maximum absolute atomic E-state index is 11.7. The minimum atomic E-state index is -1.04. The van der Waals surface area contributed by atoms with Gasteiger partial charge in [0, 0.05) is 5.69 Å². The molecular weight excluding hydrogens is 310 g/mol. The molecule has 2 amide bonds. The summed E-state index contributed by atoms with van der Waals surface area (Å²) in [5.41, 5.74) is 4.87. The molecule has 0 atom stereocenters. The van der Waals surface area contributed by atoms with Crippen molar-refractivity contribution in [1.29, 1.82) is 0 Å². The molecule has 0 saturated heterocycles. The number of ether oxygens (including phenoxy) is 1. The summed E-state index contributed by atoms with van der Waals surface area (Å²) in [4.78, 5) is 22.1. The third-order valence-corrected chi connectivity index (χ3v) is 2.93.